The molecule has 0 aliphatic carbocycles. The van der Waals surface area contributed by atoms with Gasteiger partial charge in [-0.25, -0.2) is 8.42 Å². The molecule has 0 atom stereocenters. The lowest BCUT2D eigenvalue weighted by molar-refractivity contribution is -0.931. The molecular weight excluding hydrogens is 374 g/mol. The SMILES string of the molecule is CCC[N+]1(CCC)CCN(S(=O)(=O)C(F)(F)C(F)(F)C(C)(F)F)CC1. The summed E-state index contributed by atoms with van der Waals surface area (Å²) in [6.07, 6.45) is 1.59. The molecule has 1 heterocycles. The summed E-state index contributed by atoms with van der Waals surface area (Å²) in [7, 11) is -5.92. The minimum absolute atomic E-state index is 0.186. The zero-order valence-corrected chi connectivity index (χ0v) is 15.4. The molecule has 0 amide bonds. The van der Waals surface area contributed by atoms with Crippen molar-refractivity contribution < 1.29 is 39.2 Å². The van der Waals surface area contributed by atoms with Crippen molar-refractivity contribution >= 4 is 10.0 Å². The molecule has 0 unspecified atom stereocenters. The molecule has 0 N–H and O–H groups in total. The third-order valence-corrected chi connectivity index (χ3v) is 6.57. The predicted octanol–water partition coefficient (Wildman–Crippen LogP) is 3.15. The van der Waals surface area contributed by atoms with Crippen molar-refractivity contribution in [1.29, 1.82) is 0 Å². The van der Waals surface area contributed by atoms with Crippen molar-refractivity contribution in [2.75, 3.05) is 39.3 Å². The molecule has 0 radical (unpaired) electrons. The van der Waals surface area contributed by atoms with Crippen molar-refractivity contribution in [2.24, 2.45) is 0 Å². The number of sulfonamides is 1. The van der Waals surface area contributed by atoms with Gasteiger partial charge in [-0.05, 0) is 12.8 Å². The van der Waals surface area contributed by atoms with Gasteiger partial charge in [0.1, 0.15) is 0 Å². The second kappa shape index (κ2) is 7.22. The number of quaternary nitrogens is 1. The van der Waals surface area contributed by atoms with Crippen molar-refractivity contribution in [3.05, 3.63) is 0 Å². The third-order valence-electron chi connectivity index (χ3n) is 4.62. The first-order valence-electron chi connectivity index (χ1n) is 8.17. The van der Waals surface area contributed by atoms with Crippen LogP contribution in [0.15, 0.2) is 0 Å². The molecule has 1 fully saturated rings. The average Bonchev–Trinajstić information content (AvgIpc) is 2.46. The van der Waals surface area contributed by atoms with Gasteiger partial charge in [0.05, 0.1) is 39.3 Å². The Hall–Kier alpha value is -0.550. The standard InChI is InChI=1S/C14H25F6N2O2S/c1-4-8-22(9-5-2)10-6-21(7-11-22)25(23,24)14(19,20)13(17,18)12(3,15)16/h4-11H2,1-3H3/q+1. The normalized spacial score (nSPS) is 20.7. The highest BCUT2D eigenvalue weighted by Crippen LogP contribution is 2.49. The van der Waals surface area contributed by atoms with E-state index >= 15 is 0 Å². The van der Waals surface area contributed by atoms with Crippen LogP contribution < -0.4 is 0 Å². The minimum Gasteiger partial charge on any atom is -0.321 e. The van der Waals surface area contributed by atoms with Crippen LogP contribution in [0.5, 0.6) is 0 Å². The summed E-state index contributed by atoms with van der Waals surface area (Å²) in [5.74, 6) is -11.2. The van der Waals surface area contributed by atoms with E-state index in [4.69, 9.17) is 0 Å². The average molecular weight is 399 g/mol. The zero-order valence-electron chi connectivity index (χ0n) is 14.5. The summed E-state index contributed by atoms with van der Waals surface area (Å²) in [5.41, 5.74) is 0. The maximum atomic E-state index is 13.9. The Kier molecular flexibility index (Phi) is 6.50. The number of nitrogens with zero attached hydrogens (tertiary/aromatic N) is 2. The molecule has 11 heteroatoms. The summed E-state index contributed by atoms with van der Waals surface area (Å²) in [6.45, 7) is 4.43. The predicted molar refractivity (Wildman–Crippen MR) is 81.3 cm³/mol. The van der Waals surface area contributed by atoms with E-state index in [1.807, 2.05) is 13.8 Å². The van der Waals surface area contributed by atoms with Crippen LogP contribution in [-0.2, 0) is 10.0 Å². The van der Waals surface area contributed by atoms with Gasteiger partial charge in [-0.2, -0.15) is 30.6 Å². The Morgan fingerprint density at radius 3 is 1.64 bits per heavy atom. The Balaban J connectivity index is 3.06. The molecule has 1 saturated heterocycles. The quantitative estimate of drug-likeness (QED) is 0.465. The Morgan fingerprint density at radius 2 is 1.32 bits per heavy atom. The first kappa shape index (κ1) is 22.5. The molecule has 25 heavy (non-hydrogen) atoms. The first-order chi connectivity index (χ1) is 11.2. The molecule has 1 aliphatic heterocycles. The van der Waals surface area contributed by atoms with Crippen molar-refractivity contribution in [1.82, 2.24) is 4.31 Å². The van der Waals surface area contributed by atoms with Crippen LogP contribution in [-0.4, -0.2) is 73.6 Å². The van der Waals surface area contributed by atoms with Crippen LogP contribution in [0.25, 0.3) is 0 Å². The lowest BCUT2D eigenvalue weighted by atomic mass is 10.2. The second-order valence-corrected chi connectivity index (χ2v) is 8.60. The molecule has 0 bridgehead atoms. The summed E-state index contributed by atoms with van der Waals surface area (Å²) in [4.78, 5) is 0. The largest absolute Gasteiger partial charge is 0.427 e. The molecule has 150 valence electrons. The van der Waals surface area contributed by atoms with Gasteiger partial charge in [-0.15, -0.1) is 0 Å². The zero-order chi connectivity index (χ0) is 19.7. The lowest BCUT2D eigenvalue weighted by Gasteiger charge is -2.45. The molecule has 0 aromatic carbocycles. The van der Waals surface area contributed by atoms with Crippen LogP contribution in [0, 0.1) is 0 Å². The van der Waals surface area contributed by atoms with Crippen LogP contribution in [0.1, 0.15) is 33.6 Å². The fraction of sp³-hybridized carbons (Fsp3) is 1.00. The maximum absolute atomic E-state index is 13.9. The van der Waals surface area contributed by atoms with Gasteiger partial charge < -0.3 is 4.48 Å². The molecule has 0 saturated carbocycles. The van der Waals surface area contributed by atoms with Gasteiger partial charge in [-0.3, -0.25) is 0 Å². The fourth-order valence-electron chi connectivity index (χ4n) is 3.20. The van der Waals surface area contributed by atoms with Gasteiger partial charge in [0.15, 0.2) is 0 Å². The third kappa shape index (κ3) is 3.92. The summed E-state index contributed by atoms with van der Waals surface area (Å²) in [5, 5.41) is -5.89. The first-order valence-corrected chi connectivity index (χ1v) is 9.61. The van der Waals surface area contributed by atoms with Crippen LogP contribution in [0.2, 0.25) is 0 Å². The molecule has 0 aromatic heterocycles. The van der Waals surface area contributed by atoms with Gasteiger partial charge in [0, 0.05) is 6.92 Å². The molecule has 1 aliphatic rings. The maximum Gasteiger partial charge on any atom is 0.427 e. The highest BCUT2D eigenvalue weighted by Gasteiger charge is 2.76. The minimum atomic E-state index is -6.00. The molecule has 0 spiro atoms. The van der Waals surface area contributed by atoms with Crippen LogP contribution in [0.4, 0.5) is 26.3 Å². The smallest absolute Gasteiger partial charge is 0.321 e. The number of hydrogen-bond donors (Lipinski definition) is 0. The topological polar surface area (TPSA) is 37.4 Å². The fourth-order valence-corrected chi connectivity index (χ4v) is 4.67. The number of piperazine rings is 1. The van der Waals surface area contributed by atoms with Crippen molar-refractivity contribution in [2.45, 2.75) is 50.7 Å². The van der Waals surface area contributed by atoms with Crippen molar-refractivity contribution in [3.8, 4) is 0 Å². The molecule has 4 nitrogen and oxygen atoms in total. The number of hydrogen-bond acceptors (Lipinski definition) is 2. The van der Waals surface area contributed by atoms with E-state index in [0.29, 0.717) is 17.6 Å². The van der Waals surface area contributed by atoms with E-state index in [-0.39, 0.29) is 17.4 Å². The van der Waals surface area contributed by atoms with Crippen LogP contribution >= 0.6 is 0 Å². The van der Waals surface area contributed by atoms with E-state index in [0.717, 1.165) is 12.8 Å². The Labute approximate surface area is 144 Å². The van der Waals surface area contributed by atoms with E-state index in [2.05, 4.69) is 0 Å². The highest BCUT2D eigenvalue weighted by molar-refractivity contribution is 7.90. The monoisotopic (exact) mass is 399 g/mol. The van der Waals surface area contributed by atoms with E-state index < -0.39 is 47.1 Å². The lowest BCUT2D eigenvalue weighted by Crippen LogP contribution is -2.65. The van der Waals surface area contributed by atoms with E-state index in [9.17, 15) is 34.8 Å². The van der Waals surface area contributed by atoms with Crippen molar-refractivity contribution in [3.63, 3.8) is 0 Å². The molecule has 1 rings (SSSR count). The molecular formula is C14H25F6N2O2S+. The summed E-state index contributed by atoms with van der Waals surface area (Å²) >= 11 is 0. The van der Waals surface area contributed by atoms with Gasteiger partial charge >= 0.3 is 17.1 Å². The van der Waals surface area contributed by atoms with E-state index in [1.165, 1.54) is 0 Å². The number of rotatable bonds is 8. The van der Waals surface area contributed by atoms with Gasteiger partial charge in [0.25, 0.3) is 10.0 Å². The second-order valence-electron chi connectivity index (χ2n) is 6.62. The van der Waals surface area contributed by atoms with E-state index in [1.54, 1.807) is 0 Å². The number of halogens is 6. The number of alkyl halides is 6. The highest BCUT2D eigenvalue weighted by atomic mass is 32.2. The Morgan fingerprint density at radius 1 is 0.920 bits per heavy atom. The van der Waals surface area contributed by atoms with Gasteiger partial charge in [0.2, 0.25) is 0 Å². The van der Waals surface area contributed by atoms with Crippen LogP contribution in [0.3, 0.4) is 0 Å². The summed E-state index contributed by atoms with van der Waals surface area (Å²) in [6, 6.07) is 0. The summed E-state index contributed by atoms with van der Waals surface area (Å²) < 4.78 is 105. The van der Waals surface area contributed by atoms with Gasteiger partial charge in [-0.1, -0.05) is 13.8 Å². The molecule has 0 aromatic rings. The Bertz CT molecular complexity index is 546.